The molecule has 1 aromatic rings. The molecule has 0 spiro atoms. The predicted octanol–water partition coefficient (Wildman–Crippen LogP) is 2.36. The molecule has 0 fully saturated rings. The van der Waals surface area contributed by atoms with Gasteiger partial charge in [-0.25, -0.2) is 0 Å². The maximum Gasteiger partial charge on any atom is 0.325 e. The molecular weight excluding hydrogens is 304 g/mol. The standard InChI is InChI=1S/C11H13BrN2O4/c1-3-13(7-11(15)18-2)10-5-4-8(14(16)17)6-9(10)12/h4-6H,3,7H2,1-2H3. The lowest BCUT2D eigenvalue weighted by atomic mass is 10.2. The molecule has 98 valence electrons. The number of anilines is 1. The van der Waals surface area contributed by atoms with Gasteiger partial charge in [-0.3, -0.25) is 14.9 Å². The molecule has 7 heteroatoms. The van der Waals surface area contributed by atoms with E-state index >= 15 is 0 Å². The molecule has 0 radical (unpaired) electrons. The SMILES string of the molecule is CCN(CC(=O)OC)c1ccc([N+](=O)[O-])cc1Br. The first-order chi connectivity index (χ1) is 8.49. The number of ether oxygens (including phenoxy) is 1. The quantitative estimate of drug-likeness (QED) is 0.473. The molecule has 0 aliphatic heterocycles. The van der Waals surface area contributed by atoms with E-state index in [-0.39, 0.29) is 18.2 Å². The third-order valence-electron chi connectivity index (χ3n) is 2.41. The molecule has 0 heterocycles. The van der Waals surface area contributed by atoms with E-state index in [0.717, 1.165) is 0 Å². The maximum atomic E-state index is 11.3. The van der Waals surface area contributed by atoms with Crippen LogP contribution in [-0.4, -0.2) is 31.1 Å². The van der Waals surface area contributed by atoms with Gasteiger partial charge >= 0.3 is 5.97 Å². The van der Waals surface area contributed by atoms with Gasteiger partial charge in [-0.05, 0) is 28.9 Å². The first-order valence-corrected chi connectivity index (χ1v) is 6.04. The van der Waals surface area contributed by atoms with E-state index in [2.05, 4.69) is 20.7 Å². The number of nitrogens with zero attached hydrogens (tertiary/aromatic N) is 2. The average molecular weight is 317 g/mol. The highest BCUT2D eigenvalue weighted by Crippen LogP contribution is 2.30. The van der Waals surface area contributed by atoms with Crippen molar-refractivity contribution in [2.24, 2.45) is 0 Å². The summed E-state index contributed by atoms with van der Waals surface area (Å²) in [7, 11) is 1.32. The van der Waals surface area contributed by atoms with Gasteiger partial charge in [0.1, 0.15) is 6.54 Å². The van der Waals surface area contributed by atoms with Crippen LogP contribution in [0.15, 0.2) is 22.7 Å². The molecule has 0 saturated heterocycles. The fourth-order valence-electron chi connectivity index (χ4n) is 1.45. The smallest absolute Gasteiger partial charge is 0.325 e. The number of carbonyl (C=O) groups is 1. The number of hydrogen-bond donors (Lipinski definition) is 0. The van der Waals surface area contributed by atoms with Gasteiger partial charge in [0.05, 0.1) is 17.7 Å². The highest BCUT2D eigenvalue weighted by Gasteiger charge is 2.15. The summed E-state index contributed by atoms with van der Waals surface area (Å²) in [5.74, 6) is -0.359. The Morgan fingerprint density at radius 1 is 1.56 bits per heavy atom. The minimum absolute atomic E-state index is 0.000235. The molecule has 0 unspecified atom stereocenters. The highest BCUT2D eigenvalue weighted by molar-refractivity contribution is 9.10. The van der Waals surface area contributed by atoms with Crippen molar-refractivity contribution < 1.29 is 14.5 Å². The fraction of sp³-hybridized carbons (Fsp3) is 0.364. The van der Waals surface area contributed by atoms with Crippen molar-refractivity contribution >= 4 is 33.3 Å². The van der Waals surface area contributed by atoms with Crippen molar-refractivity contribution in [1.82, 2.24) is 0 Å². The van der Waals surface area contributed by atoms with Gasteiger partial charge in [-0.2, -0.15) is 0 Å². The van der Waals surface area contributed by atoms with Crippen LogP contribution in [-0.2, 0) is 9.53 Å². The summed E-state index contributed by atoms with van der Waals surface area (Å²) in [4.78, 5) is 23.2. The molecule has 0 atom stereocenters. The molecule has 0 N–H and O–H groups in total. The lowest BCUT2D eigenvalue weighted by molar-refractivity contribution is -0.384. The summed E-state index contributed by atoms with van der Waals surface area (Å²) >= 11 is 3.27. The highest BCUT2D eigenvalue weighted by atomic mass is 79.9. The van der Waals surface area contributed by atoms with Gasteiger partial charge in [0.15, 0.2) is 0 Å². The Bertz CT molecular complexity index is 464. The van der Waals surface area contributed by atoms with E-state index in [1.165, 1.54) is 19.2 Å². The number of methoxy groups -OCH3 is 1. The van der Waals surface area contributed by atoms with Crippen molar-refractivity contribution in [1.29, 1.82) is 0 Å². The number of rotatable bonds is 5. The molecule has 0 amide bonds. The minimum Gasteiger partial charge on any atom is -0.468 e. The van der Waals surface area contributed by atoms with Gasteiger partial charge in [-0.15, -0.1) is 0 Å². The molecule has 18 heavy (non-hydrogen) atoms. The molecule has 0 saturated carbocycles. The number of halogens is 1. The second-order valence-electron chi connectivity index (χ2n) is 3.48. The zero-order chi connectivity index (χ0) is 13.7. The van der Waals surface area contributed by atoms with Crippen LogP contribution >= 0.6 is 15.9 Å². The van der Waals surface area contributed by atoms with Crippen LogP contribution in [0.2, 0.25) is 0 Å². The predicted molar refractivity (Wildman–Crippen MR) is 70.7 cm³/mol. The van der Waals surface area contributed by atoms with E-state index in [1.54, 1.807) is 11.0 Å². The van der Waals surface area contributed by atoms with Gasteiger partial charge in [0, 0.05) is 23.2 Å². The molecule has 0 aliphatic rings. The van der Waals surface area contributed by atoms with Crippen LogP contribution in [0.3, 0.4) is 0 Å². The van der Waals surface area contributed by atoms with Crippen LogP contribution < -0.4 is 4.90 Å². The minimum atomic E-state index is -0.467. The van der Waals surface area contributed by atoms with E-state index in [9.17, 15) is 14.9 Å². The van der Waals surface area contributed by atoms with Crippen LogP contribution in [0.5, 0.6) is 0 Å². The average Bonchev–Trinajstić information content (AvgIpc) is 2.35. The topological polar surface area (TPSA) is 72.7 Å². The van der Waals surface area contributed by atoms with E-state index < -0.39 is 4.92 Å². The lowest BCUT2D eigenvalue weighted by Crippen LogP contribution is -2.30. The van der Waals surface area contributed by atoms with Gasteiger partial charge in [0.25, 0.3) is 5.69 Å². The van der Waals surface area contributed by atoms with Gasteiger partial charge < -0.3 is 9.64 Å². The molecule has 6 nitrogen and oxygen atoms in total. The molecule has 0 aliphatic carbocycles. The van der Waals surface area contributed by atoms with Gasteiger partial charge in [0.2, 0.25) is 0 Å². The Kier molecular flexibility index (Phi) is 5.08. The number of nitro groups is 1. The summed E-state index contributed by atoms with van der Waals surface area (Å²) in [5.41, 5.74) is 0.716. The zero-order valence-electron chi connectivity index (χ0n) is 10.1. The van der Waals surface area contributed by atoms with Crippen LogP contribution in [0, 0.1) is 10.1 Å². The van der Waals surface area contributed by atoms with E-state index in [4.69, 9.17) is 0 Å². The Balaban J connectivity index is 3.00. The van der Waals surface area contributed by atoms with Crippen molar-refractivity contribution in [3.8, 4) is 0 Å². The summed E-state index contributed by atoms with van der Waals surface area (Å²) in [5, 5.41) is 10.6. The number of hydrogen-bond acceptors (Lipinski definition) is 5. The molecular formula is C11H13BrN2O4. The van der Waals surface area contributed by atoms with Gasteiger partial charge in [-0.1, -0.05) is 0 Å². The summed E-state index contributed by atoms with van der Waals surface area (Å²) in [6.07, 6.45) is 0. The zero-order valence-corrected chi connectivity index (χ0v) is 11.6. The second-order valence-corrected chi connectivity index (χ2v) is 4.34. The van der Waals surface area contributed by atoms with Crippen LogP contribution in [0.1, 0.15) is 6.92 Å². The fourth-order valence-corrected chi connectivity index (χ4v) is 2.07. The number of nitro benzene ring substituents is 1. The van der Waals surface area contributed by atoms with Crippen molar-refractivity contribution in [2.45, 2.75) is 6.92 Å². The molecule has 0 aromatic heterocycles. The second kappa shape index (κ2) is 6.34. The third-order valence-corrected chi connectivity index (χ3v) is 3.05. The number of benzene rings is 1. The maximum absolute atomic E-state index is 11.3. The number of carbonyl (C=O) groups excluding carboxylic acids is 1. The number of esters is 1. The summed E-state index contributed by atoms with van der Waals surface area (Å²) < 4.78 is 5.17. The van der Waals surface area contributed by atoms with Crippen LogP contribution in [0.25, 0.3) is 0 Å². The van der Waals surface area contributed by atoms with Crippen molar-refractivity contribution in [3.63, 3.8) is 0 Å². The van der Waals surface area contributed by atoms with Crippen molar-refractivity contribution in [2.75, 3.05) is 25.1 Å². The van der Waals surface area contributed by atoms with E-state index in [1.807, 2.05) is 6.92 Å². The molecule has 1 aromatic carbocycles. The number of likely N-dealkylation sites (N-methyl/N-ethyl adjacent to an activating group) is 1. The Labute approximate surface area is 113 Å². The third kappa shape index (κ3) is 3.43. The Morgan fingerprint density at radius 2 is 2.22 bits per heavy atom. The first-order valence-electron chi connectivity index (χ1n) is 5.25. The Morgan fingerprint density at radius 3 is 2.67 bits per heavy atom. The summed E-state index contributed by atoms with van der Waals surface area (Å²) in [6, 6.07) is 4.42. The van der Waals surface area contributed by atoms with Crippen LogP contribution in [0.4, 0.5) is 11.4 Å². The monoisotopic (exact) mass is 316 g/mol. The van der Waals surface area contributed by atoms with E-state index in [0.29, 0.717) is 16.7 Å². The first kappa shape index (κ1) is 14.4. The molecule has 1 rings (SSSR count). The largest absolute Gasteiger partial charge is 0.468 e. The normalized spacial score (nSPS) is 9.94. The molecule has 0 bridgehead atoms. The number of non-ortho nitro benzene ring substituents is 1. The lowest BCUT2D eigenvalue weighted by Gasteiger charge is -2.22. The Hall–Kier alpha value is -1.63. The van der Waals surface area contributed by atoms with Crippen molar-refractivity contribution in [3.05, 3.63) is 32.8 Å². The summed E-state index contributed by atoms with van der Waals surface area (Å²) in [6.45, 7) is 2.58.